The Bertz CT molecular complexity index is 1320. The van der Waals surface area contributed by atoms with E-state index >= 15 is 0 Å². The lowest BCUT2D eigenvalue weighted by Crippen LogP contribution is -2.19. The summed E-state index contributed by atoms with van der Waals surface area (Å²) < 4.78 is 30.3. The van der Waals surface area contributed by atoms with E-state index in [0.717, 1.165) is 5.56 Å². The number of carboxylic acids is 1. The summed E-state index contributed by atoms with van der Waals surface area (Å²) in [6, 6.07) is 13.1. The lowest BCUT2D eigenvalue weighted by Gasteiger charge is -2.10. The molecule has 0 aliphatic rings. The average molecular weight is 408 g/mol. The normalized spacial score (nSPS) is 11.2. The van der Waals surface area contributed by atoms with Crippen molar-refractivity contribution in [2.24, 2.45) is 0 Å². The van der Waals surface area contributed by atoms with Gasteiger partial charge in [-0.25, -0.2) is 8.78 Å². The molecule has 2 aromatic heterocycles. The molecule has 0 saturated carbocycles. The Kier molecular flexibility index (Phi) is 4.95. The fourth-order valence-electron chi connectivity index (χ4n) is 3.75. The number of nitrogens with zero attached hydrogens (tertiary/aromatic N) is 2. The molecule has 4 rings (SSSR count). The summed E-state index contributed by atoms with van der Waals surface area (Å²) >= 11 is 0. The fraction of sp³-hybridized carbons (Fsp3) is 0.130. The molecule has 0 spiro atoms. The Morgan fingerprint density at radius 1 is 1.00 bits per heavy atom. The number of carbonyl (C=O) groups is 1. The zero-order valence-corrected chi connectivity index (χ0v) is 16.1. The fourth-order valence-corrected chi connectivity index (χ4v) is 3.75. The van der Waals surface area contributed by atoms with Crippen LogP contribution in [0, 0.1) is 18.6 Å². The Morgan fingerprint density at radius 2 is 1.70 bits per heavy atom. The predicted octanol–water partition coefficient (Wildman–Crippen LogP) is 4.19. The van der Waals surface area contributed by atoms with E-state index in [-0.39, 0.29) is 24.5 Å². The standard InChI is InChI=1S/C23H18F2N2O3/c1-14-23(19-10-18(25)7-8-20(19)27(14)13-22(29)30)16-4-9-21(28)26(12-16)11-15-2-5-17(24)6-3-15/h2-10,12H,11,13H2,1H3,(H,29,30). The average Bonchev–Trinajstić information content (AvgIpc) is 2.96. The van der Waals surface area contributed by atoms with Gasteiger partial charge in [-0.2, -0.15) is 0 Å². The van der Waals surface area contributed by atoms with E-state index in [4.69, 9.17) is 0 Å². The highest BCUT2D eigenvalue weighted by Crippen LogP contribution is 2.34. The second-order valence-electron chi connectivity index (χ2n) is 7.11. The van der Waals surface area contributed by atoms with E-state index in [2.05, 4.69) is 0 Å². The molecule has 0 aliphatic carbocycles. The van der Waals surface area contributed by atoms with Crippen LogP contribution in [0.4, 0.5) is 8.78 Å². The van der Waals surface area contributed by atoms with Crippen molar-refractivity contribution >= 4 is 16.9 Å². The molecule has 0 fully saturated rings. The van der Waals surface area contributed by atoms with E-state index in [1.54, 1.807) is 42.0 Å². The van der Waals surface area contributed by atoms with Crippen molar-refractivity contribution in [1.29, 1.82) is 0 Å². The number of hydrogen-bond donors (Lipinski definition) is 1. The highest BCUT2D eigenvalue weighted by Gasteiger charge is 2.18. The number of hydrogen-bond acceptors (Lipinski definition) is 2. The first kappa shape index (κ1) is 19.6. The number of fused-ring (bicyclic) bond motifs is 1. The minimum Gasteiger partial charge on any atom is -0.480 e. The second kappa shape index (κ2) is 7.59. The van der Waals surface area contributed by atoms with E-state index in [1.807, 2.05) is 0 Å². The molecule has 2 heterocycles. The van der Waals surface area contributed by atoms with Gasteiger partial charge in [0, 0.05) is 40.0 Å². The lowest BCUT2D eigenvalue weighted by atomic mass is 10.0. The van der Waals surface area contributed by atoms with Crippen molar-refractivity contribution in [2.45, 2.75) is 20.0 Å². The second-order valence-corrected chi connectivity index (χ2v) is 7.11. The van der Waals surface area contributed by atoms with Gasteiger partial charge in [-0.3, -0.25) is 9.59 Å². The Labute approximate surface area is 170 Å². The summed E-state index contributed by atoms with van der Waals surface area (Å²) in [6.07, 6.45) is 1.66. The summed E-state index contributed by atoms with van der Waals surface area (Å²) in [5.74, 6) is -1.80. The predicted molar refractivity (Wildman–Crippen MR) is 109 cm³/mol. The molecule has 0 amide bonds. The van der Waals surface area contributed by atoms with Crippen LogP contribution in [0.3, 0.4) is 0 Å². The molecule has 5 nitrogen and oxygen atoms in total. The van der Waals surface area contributed by atoms with Crippen LogP contribution in [-0.2, 0) is 17.9 Å². The topological polar surface area (TPSA) is 64.2 Å². The third-order valence-corrected chi connectivity index (χ3v) is 5.12. The van der Waals surface area contributed by atoms with Gasteiger partial charge < -0.3 is 14.2 Å². The Balaban J connectivity index is 1.87. The summed E-state index contributed by atoms with van der Waals surface area (Å²) in [7, 11) is 0. The summed E-state index contributed by atoms with van der Waals surface area (Å²) in [5.41, 5.74) is 3.10. The van der Waals surface area contributed by atoms with E-state index in [9.17, 15) is 23.5 Å². The number of aliphatic carboxylic acids is 1. The van der Waals surface area contributed by atoms with Crippen LogP contribution >= 0.6 is 0 Å². The van der Waals surface area contributed by atoms with E-state index in [1.165, 1.54) is 34.9 Å². The molecule has 0 bridgehead atoms. The van der Waals surface area contributed by atoms with Crippen LogP contribution < -0.4 is 5.56 Å². The number of benzene rings is 2. The molecule has 30 heavy (non-hydrogen) atoms. The molecule has 0 atom stereocenters. The molecule has 0 saturated heterocycles. The van der Waals surface area contributed by atoms with Crippen molar-refractivity contribution in [3.63, 3.8) is 0 Å². The zero-order chi connectivity index (χ0) is 21.4. The van der Waals surface area contributed by atoms with Crippen LogP contribution in [0.15, 0.2) is 65.6 Å². The first-order valence-corrected chi connectivity index (χ1v) is 9.29. The number of carboxylic acid groups (broad SMARTS) is 1. The SMILES string of the molecule is Cc1c(-c2ccc(=O)n(Cc3ccc(F)cc3)c2)c2cc(F)ccc2n1CC(=O)O. The van der Waals surface area contributed by atoms with Gasteiger partial charge in [-0.05, 0) is 48.9 Å². The minimum absolute atomic E-state index is 0.235. The van der Waals surface area contributed by atoms with Gasteiger partial charge in [0.2, 0.25) is 0 Å². The maximum atomic E-state index is 14.0. The first-order chi connectivity index (χ1) is 14.3. The number of pyridine rings is 1. The molecule has 7 heteroatoms. The largest absolute Gasteiger partial charge is 0.480 e. The van der Waals surface area contributed by atoms with Crippen LogP contribution in [0.25, 0.3) is 22.0 Å². The number of halogens is 2. The molecule has 2 aromatic carbocycles. The zero-order valence-electron chi connectivity index (χ0n) is 16.1. The maximum absolute atomic E-state index is 14.0. The Morgan fingerprint density at radius 3 is 2.40 bits per heavy atom. The molecule has 0 unspecified atom stereocenters. The van der Waals surface area contributed by atoms with E-state index < -0.39 is 11.8 Å². The molecule has 0 aliphatic heterocycles. The van der Waals surface area contributed by atoms with Crippen LogP contribution in [0.1, 0.15) is 11.3 Å². The smallest absolute Gasteiger partial charge is 0.323 e. The minimum atomic E-state index is -1.01. The van der Waals surface area contributed by atoms with Crippen LogP contribution in [0.2, 0.25) is 0 Å². The van der Waals surface area contributed by atoms with Crippen molar-refractivity contribution in [3.8, 4) is 11.1 Å². The molecule has 1 N–H and O–H groups in total. The number of aromatic nitrogens is 2. The molecule has 4 aromatic rings. The molecule has 152 valence electrons. The number of rotatable bonds is 5. The van der Waals surface area contributed by atoms with Crippen molar-refractivity contribution in [2.75, 3.05) is 0 Å². The van der Waals surface area contributed by atoms with Gasteiger partial charge in [0.25, 0.3) is 5.56 Å². The van der Waals surface area contributed by atoms with E-state index in [0.29, 0.717) is 27.7 Å². The van der Waals surface area contributed by atoms with Gasteiger partial charge in [0.15, 0.2) is 0 Å². The molecular formula is C23H18F2N2O3. The monoisotopic (exact) mass is 408 g/mol. The summed E-state index contributed by atoms with van der Waals surface area (Å²) in [6.45, 7) is 1.75. The third kappa shape index (κ3) is 3.61. The van der Waals surface area contributed by atoms with Crippen molar-refractivity contribution < 1.29 is 18.7 Å². The Hall–Kier alpha value is -3.74. The van der Waals surface area contributed by atoms with Gasteiger partial charge in [0.1, 0.15) is 18.2 Å². The first-order valence-electron chi connectivity index (χ1n) is 9.29. The highest BCUT2D eigenvalue weighted by molar-refractivity contribution is 5.98. The summed E-state index contributed by atoms with van der Waals surface area (Å²) in [5, 5.41) is 9.85. The quantitative estimate of drug-likeness (QED) is 0.539. The molecular weight excluding hydrogens is 390 g/mol. The van der Waals surface area contributed by atoms with Gasteiger partial charge >= 0.3 is 5.97 Å². The summed E-state index contributed by atoms with van der Waals surface area (Å²) in [4.78, 5) is 23.7. The lowest BCUT2D eigenvalue weighted by molar-refractivity contribution is -0.137. The van der Waals surface area contributed by atoms with Crippen LogP contribution in [0.5, 0.6) is 0 Å². The van der Waals surface area contributed by atoms with Crippen molar-refractivity contribution in [1.82, 2.24) is 9.13 Å². The van der Waals surface area contributed by atoms with Gasteiger partial charge in [0.05, 0.1) is 6.54 Å². The van der Waals surface area contributed by atoms with Crippen molar-refractivity contribution in [3.05, 3.63) is 94.0 Å². The maximum Gasteiger partial charge on any atom is 0.323 e. The highest BCUT2D eigenvalue weighted by atomic mass is 19.1. The van der Waals surface area contributed by atoms with Crippen LogP contribution in [-0.4, -0.2) is 20.2 Å². The molecule has 0 radical (unpaired) electrons. The van der Waals surface area contributed by atoms with Gasteiger partial charge in [-0.1, -0.05) is 12.1 Å². The third-order valence-electron chi connectivity index (χ3n) is 5.12. The van der Waals surface area contributed by atoms with Gasteiger partial charge in [-0.15, -0.1) is 0 Å².